The zero-order valence-electron chi connectivity index (χ0n) is 12.7. The SMILES string of the molecule is CCN(CC)c1nc2ccncc2[n+]([O-])c1-c1ccccc1. The second kappa shape index (κ2) is 5.97. The Morgan fingerprint density at radius 1 is 1.09 bits per heavy atom. The smallest absolute Gasteiger partial charge is 0.267 e. The normalized spacial score (nSPS) is 10.8. The van der Waals surface area contributed by atoms with Crippen LogP contribution in [0.1, 0.15) is 13.8 Å². The molecule has 0 spiro atoms. The molecule has 0 unspecified atom stereocenters. The minimum absolute atomic E-state index is 0.484. The van der Waals surface area contributed by atoms with Crippen molar-refractivity contribution in [2.24, 2.45) is 0 Å². The van der Waals surface area contributed by atoms with Crippen LogP contribution in [0.2, 0.25) is 0 Å². The number of pyridine rings is 1. The number of rotatable bonds is 4. The molecule has 0 amide bonds. The van der Waals surface area contributed by atoms with Crippen LogP contribution in [0.5, 0.6) is 0 Å². The molecule has 2 aromatic heterocycles. The molecular weight excluding hydrogens is 276 g/mol. The fourth-order valence-electron chi connectivity index (χ4n) is 2.59. The van der Waals surface area contributed by atoms with Gasteiger partial charge in [-0.15, -0.1) is 0 Å². The Bertz CT molecular complexity index is 785. The van der Waals surface area contributed by atoms with E-state index in [2.05, 4.69) is 23.7 Å². The predicted octanol–water partition coefficient (Wildman–Crippen LogP) is 2.78. The van der Waals surface area contributed by atoms with Gasteiger partial charge in [-0.3, -0.25) is 4.98 Å². The van der Waals surface area contributed by atoms with Crippen LogP contribution in [0, 0.1) is 5.21 Å². The Kier molecular flexibility index (Phi) is 3.87. The van der Waals surface area contributed by atoms with Gasteiger partial charge in [0, 0.05) is 19.3 Å². The molecule has 0 aliphatic heterocycles. The third kappa shape index (κ3) is 2.35. The highest BCUT2D eigenvalue weighted by atomic mass is 16.5. The van der Waals surface area contributed by atoms with Crippen LogP contribution in [-0.4, -0.2) is 23.1 Å². The van der Waals surface area contributed by atoms with Gasteiger partial charge in [0.1, 0.15) is 11.7 Å². The summed E-state index contributed by atoms with van der Waals surface area (Å²) in [5.41, 5.74) is 2.58. The predicted molar refractivity (Wildman–Crippen MR) is 87.5 cm³/mol. The maximum Gasteiger partial charge on any atom is 0.267 e. The summed E-state index contributed by atoms with van der Waals surface area (Å²) in [6.45, 7) is 5.71. The lowest BCUT2D eigenvalue weighted by molar-refractivity contribution is -0.564. The molecule has 0 fully saturated rings. The van der Waals surface area contributed by atoms with Crippen molar-refractivity contribution in [3.8, 4) is 11.3 Å². The fraction of sp³-hybridized carbons (Fsp3) is 0.235. The van der Waals surface area contributed by atoms with Crippen molar-refractivity contribution in [2.75, 3.05) is 18.0 Å². The number of hydrogen-bond acceptors (Lipinski definition) is 4. The molecule has 3 rings (SSSR count). The molecule has 0 saturated heterocycles. The van der Waals surface area contributed by atoms with E-state index < -0.39 is 0 Å². The summed E-state index contributed by atoms with van der Waals surface area (Å²) < 4.78 is 0.943. The van der Waals surface area contributed by atoms with Crippen molar-refractivity contribution in [2.45, 2.75) is 13.8 Å². The van der Waals surface area contributed by atoms with Crippen LogP contribution in [0.15, 0.2) is 48.8 Å². The Morgan fingerprint density at radius 3 is 2.50 bits per heavy atom. The van der Waals surface area contributed by atoms with Crippen LogP contribution in [0.4, 0.5) is 5.82 Å². The van der Waals surface area contributed by atoms with Gasteiger partial charge in [0.15, 0.2) is 0 Å². The first-order valence-corrected chi connectivity index (χ1v) is 7.44. The molecule has 22 heavy (non-hydrogen) atoms. The van der Waals surface area contributed by atoms with Crippen LogP contribution in [0.25, 0.3) is 22.3 Å². The first-order valence-electron chi connectivity index (χ1n) is 7.44. The molecule has 1 aromatic carbocycles. The largest absolute Gasteiger partial charge is 0.618 e. The van der Waals surface area contributed by atoms with E-state index in [-0.39, 0.29) is 0 Å². The maximum absolute atomic E-state index is 12.9. The summed E-state index contributed by atoms with van der Waals surface area (Å²) in [6.07, 6.45) is 3.22. The molecule has 5 nitrogen and oxygen atoms in total. The lowest BCUT2D eigenvalue weighted by atomic mass is 10.1. The van der Waals surface area contributed by atoms with Gasteiger partial charge in [-0.1, -0.05) is 18.2 Å². The van der Waals surface area contributed by atoms with Crippen molar-refractivity contribution in [1.29, 1.82) is 0 Å². The van der Waals surface area contributed by atoms with E-state index in [1.54, 1.807) is 18.5 Å². The maximum atomic E-state index is 12.9. The topological polar surface area (TPSA) is 56.0 Å². The number of fused-ring (bicyclic) bond motifs is 1. The third-order valence-electron chi connectivity index (χ3n) is 3.75. The molecule has 0 atom stereocenters. The Balaban J connectivity index is 2.36. The Morgan fingerprint density at radius 2 is 1.82 bits per heavy atom. The average molecular weight is 294 g/mol. The molecule has 2 heterocycles. The van der Waals surface area contributed by atoms with Crippen molar-refractivity contribution in [3.63, 3.8) is 0 Å². The van der Waals surface area contributed by atoms with E-state index in [4.69, 9.17) is 4.98 Å². The lowest BCUT2D eigenvalue weighted by Crippen LogP contribution is -2.35. The minimum atomic E-state index is 0.484. The van der Waals surface area contributed by atoms with E-state index in [1.165, 1.54) is 0 Å². The van der Waals surface area contributed by atoms with Gasteiger partial charge in [0.25, 0.3) is 11.2 Å². The molecule has 0 bridgehead atoms. The minimum Gasteiger partial charge on any atom is -0.618 e. The molecule has 0 radical (unpaired) electrons. The monoisotopic (exact) mass is 294 g/mol. The zero-order valence-corrected chi connectivity index (χ0v) is 12.7. The summed E-state index contributed by atoms with van der Waals surface area (Å²) >= 11 is 0. The van der Waals surface area contributed by atoms with Crippen LogP contribution in [0.3, 0.4) is 0 Å². The van der Waals surface area contributed by atoms with E-state index in [0.29, 0.717) is 22.5 Å². The molecule has 3 aromatic rings. The van der Waals surface area contributed by atoms with Gasteiger partial charge in [-0.2, -0.15) is 4.73 Å². The summed E-state index contributed by atoms with van der Waals surface area (Å²) in [5, 5.41) is 12.9. The molecule has 5 heteroatoms. The molecule has 0 aliphatic rings. The van der Waals surface area contributed by atoms with Crippen LogP contribution >= 0.6 is 0 Å². The van der Waals surface area contributed by atoms with Gasteiger partial charge < -0.3 is 10.1 Å². The number of benzene rings is 1. The second-order valence-electron chi connectivity index (χ2n) is 4.98. The summed E-state index contributed by atoms with van der Waals surface area (Å²) in [4.78, 5) is 10.9. The highest BCUT2D eigenvalue weighted by Gasteiger charge is 2.23. The second-order valence-corrected chi connectivity index (χ2v) is 4.98. The molecule has 0 saturated carbocycles. The molecule has 112 valence electrons. The van der Waals surface area contributed by atoms with E-state index in [0.717, 1.165) is 23.4 Å². The number of hydrogen-bond donors (Lipinski definition) is 0. The highest BCUT2D eigenvalue weighted by Crippen LogP contribution is 2.27. The van der Waals surface area contributed by atoms with Gasteiger partial charge in [-0.25, -0.2) is 4.98 Å². The van der Waals surface area contributed by atoms with E-state index in [1.807, 2.05) is 30.3 Å². The molecule has 0 aliphatic carbocycles. The van der Waals surface area contributed by atoms with Crippen LogP contribution < -0.4 is 9.63 Å². The van der Waals surface area contributed by atoms with E-state index >= 15 is 0 Å². The third-order valence-corrected chi connectivity index (χ3v) is 3.75. The summed E-state index contributed by atoms with van der Waals surface area (Å²) in [7, 11) is 0. The lowest BCUT2D eigenvalue weighted by Gasteiger charge is -2.22. The van der Waals surface area contributed by atoms with Crippen molar-refractivity contribution in [1.82, 2.24) is 9.97 Å². The van der Waals surface area contributed by atoms with Crippen LogP contribution in [-0.2, 0) is 0 Å². The highest BCUT2D eigenvalue weighted by molar-refractivity contribution is 5.78. The first kappa shape index (κ1) is 14.3. The van der Waals surface area contributed by atoms with Gasteiger partial charge >= 0.3 is 0 Å². The molecular formula is C17H18N4O. The number of aromatic nitrogens is 3. The van der Waals surface area contributed by atoms with Crippen molar-refractivity contribution >= 4 is 16.9 Å². The average Bonchev–Trinajstić information content (AvgIpc) is 2.57. The van der Waals surface area contributed by atoms with Gasteiger partial charge in [-0.05, 0) is 32.0 Å². The summed E-state index contributed by atoms with van der Waals surface area (Å²) in [6, 6.07) is 11.4. The van der Waals surface area contributed by atoms with Gasteiger partial charge in [0.2, 0.25) is 5.82 Å². The quantitative estimate of drug-likeness (QED) is 0.548. The fourth-order valence-corrected chi connectivity index (χ4v) is 2.59. The zero-order chi connectivity index (χ0) is 15.5. The number of anilines is 1. The van der Waals surface area contributed by atoms with Gasteiger partial charge in [0.05, 0.1) is 5.56 Å². The Hall–Kier alpha value is -2.69. The van der Waals surface area contributed by atoms with Crippen molar-refractivity contribution in [3.05, 3.63) is 54.0 Å². The summed E-state index contributed by atoms with van der Waals surface area (Å²) in [5.74, 6) is 0.713. The standard InChI is InChI=1S/C17H18N4O/c1-3-20(4-2)17-16(13-8-6-5-7-9-13)21(22)15-12-18-11-10-14(15)19-17/h5-12H,3-4H2,1-2H3. The van der Waals surface area contributed by atoms with E-state index in [9.17, 15) is 5.21 Å². The number of nitrogens with zero attached hydrogens (tertiary/aromatic N) is 4. The Labute approximate surface area is 129 Å². The van der Waals surface area contributed by atoms with Crippen molar-refractivity contribution < 1.29 is 4.73 Å². The molecule has 0 N–H and O–H groups in total. The first-order chi connectivity index (χ1) is 10.8.